The van der Waals surface area contributed by atoms with Gasteiger partial charge in [0.2, 0.25) is 0 Å². The molecule has 0 saturated carbocycles. The molecule has 0 aliphatic heterocycles. The van der Waals surface area contributed by atoms with Crippen molar-refractivity contribution in [3.8, 4) is 0 Å². The Morgan fingerprint density at radius 1 is 1.50 bits per heavy atom. The van der Waals surface area contributed by atoms with E-state index in [2.05, 4.69) is 37.2 Å². The zero-order valence-electron chi connectivity index (χ0n) is 6.40. The third-order valence-corrected chi connectivity index (χ3v) is 1.26. The average Bonchev–Trinajstić information content (AvgIpc) is 2.08. The van der Waals surface area contributed by atoms with Crippen molar-refractivity contribution in [1.29, 1.82) is 0 Å². The maximum atomic E-state index is 3.74. The van der Waals surface area contributed by atoms with E-state index in [-0.39, 0.29) is 25.8 Å². The number of hydrogen-bond acceptors (Lipinski definition) is 1. The zero-order chi connectivity index (χ0) is 6.91. The van der Waals surface area contributed by atoms with Gasteiger partial charge in [-0.3, -0.25) is 0 Å². The summed E-state index contributed by atoms with van der Waals surface area (Å²) >= 11 is 0. The van der Waals surface area contributed by atoms with Crippen LogP contribution in [0.25, 0.3) is 0 Å². The number of aromatic nitrogens is 2. The summed E-state index contributed by atoms with van der Waals surface area (Å²) in [4.78, 5) is 0. The van der Waals surface area contributed by atoms with Gasteiger partial charge in [-0.25, -0.2) is 0 Å². The molecule has 10 heavy (non-hydrogen) atoms. The van der Waals surface area contributed by atoms with E-state index in [4.69, 9.17) is 0 Å². The van der Waals surface area contributed by atoms with E-state index in [0.717, 1.165) is 5.69 Å². The van der Waals surface area contributed by atoms with Gasteiger partial charge in [-0.1, -0.05) is 26.2 Å². The van der Waals surface area contributed by atoms with Crippen LogP contribution in [-0.2, 0) is 25.8 Å². The van der Waals surface area contributed by atoms with Crippen LogP contribution < -0.4 is 0 Å². The summed E-state index contributed by atoms with van der Waals surface area (Å²) in [5.41, 5.74) is 1.30. The Labute approximate surface area is 75.1 Å². The quantitative estimate of drug-likeness (QED) is 0.723. The van der Waals surface area contributed by atoms with Crippen molar-refractivity contribution in [3.05, 3.63) is 18.0 Å². The van der Waals surface area contributed by atoms with Crippen LogP contribution in [0.3, 0.4) is 0 Å². The molecule has 1 rings (SSSR count). The van der Waals surface area contributed by atoms with Crippen LogP contribution in [0, 0.1) is 6.20 Å². The van der Waals surface area contributed by atoms with Crippen LogP contribution in [0.15, 0.2) is 6.07 Å². The Balaban J connectivity index is 0.000000810. The second kappa shape index (κ2) is 3.32. The number of nitrogens with one attached hydrogen (secondary N) is 1. The first-order chi connectivity index (χ1) is 4.11. The fourth-order valence-corrected chi connectivity index (χ4v) is 0.606. The van der Waals surface area contributed by atoms with Gasteiger partial charge in [0.25, 0.3) is 0 Å². The molecule has 0 amide bonds. The topological polar surface area (TPSA) is 28.7 Å². The predicted molar refractivity (Wildman–Crippen MR) is 36.1 cm³/mol. The van der Waals surface area contributed by atoms with E-state index in [1.165, 1.54) is 0 Å². The molecule has 1 aromatic heterocycles. The Kier molecular flexibility index (Phi) is 3.28. The number of hydrogen-bond donors (Lipinski definition) is 1. The largest absolute Gasteiger partial charge is 0.379 e. The van der Waals surface area contributed by atoms with Gasteiger partial charge in [0.15, 0.2) is 0 Å². The van der Waals surface area contributed by atoms with Gasteiger partial charge in [-0.2, -0.15) is 6.07 Å². The molecule has 3 heteroatoms. The molecule has 0 aliphatic rings. The van der Waals surface area contributed by atoms with Crippen molar-refractivity contribution in [2.24, 2.45) is 0 Å². The van der Waals surface area contributed by atoms with Gasteiger partial charge in [0.05, 0.1) is 0 Å². The summed E-state index contributed by atoms with van der Waals surface area (Å²) in [5.74, 6) is 0. The first-order valence-corrected chi connectivity index (χ1v) is 3.02. The number of H-pyrrole nitrogens is 1. The van der Waals surface area contributed by atoms with Gasteiger partial charge in [0, 0.05) is 20.4 Å². The summed E-state index contributed by atoms with van der Waals surface area (Å²) in [7, 11) is 0. The van der Waals surface area contributed by atoms with Gasteiger partial charge in [-0.05, 0) is 0 Å². The maximum Gasteiger partial charge on any atom is 0 e. The molecule has 0 atom stereocenters. The van der Waals surface area contributed by atoms with Crippen LogP contribution >= 0.6 is 0 Å². The minimum Gasteiger partial charge on any atom is -0.379 e. The predicted octanol–water partition coefficient (Wildman–Crippen LogP) is 1.50. The van der Waals surface area contributed by atoms with Gasteiger partial charge < -0.3 is 10.2 Å². The molecule has 0 bridgehead atoms. The summed E-state index contributed by atoms with van der Waals surface area (Å²) in [6.45, 7) is 6.40. The molecule has 0 saturated heterocycles. The Hall–Kier alpha value is -0.128. The van der Waals surface area contributed by atoms with Crippen molar-refractivity contribution in [2.75, 3.05) is 0 Å². The van der Waals surface area contributed by atoms with E-state index in [9.17, 15) is 0 Å². The summed E-state index contributed by atoms with van der Waals surface area (Å²) in [6, 6.07) is 1.88. The van der Waals surface area contributed by atoms with E-state index in [0.29, 0.717) is 0 Å². The number of rotatable bonds is 0. The van der Waals surface area contributed by atoms with E-state index >= 15 is 0 Å². The fraction of sp³-hybridized carbons (Fsp3) is 0.571. The summed E-state index contributed by atoms with van der Waals surface area (Å²) < 4.78 is 0. The van der Waals surface area contributed by atoms with Crippen molar-refractivity contribution >= 4 is 0 Å². The Bertz CT molecular complexity index is 174. The van der Waals surface area contributed by atoms with E-state index in [1.54, 1.807) is 0 Å². The van der Waals surface area contributed by atoms with Crippen LogP contribution in [0.1, 0.15) is 26.5 Å². The monoisotopic (exact) mass is 310 g/mol. The molecule has 1 radical (unpaired) electrons. The van der Waals surface area contributed by atoms with Crippen molar-refractivity contribution in [3.63, 3.8) is 0 Å². The Morgan fingerprint density at radius 2 is 2.10 bits per heavy atom. The van der Waals surface area contributed by atoms with Gasteiger partial charge in [0.1, 0.15) is 0 Å². The molecule has 0 spiro atoms. The number of nitrogens with zero attached hydrogens (tertiary/aromatic N) is 1. The van der Waals surface area contributed by atoms with Crippen LogP contribution in [0.2, 0.25) is 0 Å². The molecule has 0 unspecified atom stereocenters. The minimum absolute atomic E-state index is 0. The van der Waals surface area contributed by atoms with Crippen LogP contribution in [-0.4, -0.2) is 10.2 Å². The van der Waals surface area contributed by atoms with E-state index in [1.807, 2.05) is 6.07 Å². The standard InChI is InChI=1S/C7H11N2.Re/c1-7(2,3)6-4-5-8-9-6;/h4H,1-3H3,(H,8,9);/q-1;. The average molecular weight is 309 g/mol. The summed E-state index contributed by atoms with van der Waals surface area (Å²) in [6.07, 6.45) is 2.73. The molecular formula is C7H11N2Re-. The second-order valence-electron chi connectivity index (χ2n) is 3.16. The SMILES string of the molecule is CC(C)(C)c1c[c-]n[nH]1.[Re]. The van der Waals surface area contributed by atoms with Gasteiger partial charge in [-0.15, -0.1) is 11.9 Å². The van der Waals surface area contributed by atoms with Gasteiger partial charge >= 0.3 is 0 Å². The molecule has 1 N–H and O–H groups in total. The molecule has 2 nitrogen and oxygen atoms in total. The normalized spacial score (nSPS) is 10.7. The second-order valence-corrected chi connectivity index (χ2v) is 3.16. The number of aromatic amines is 1. The third-order valence-electron chi connectivity index (χ3n) is 1.26. The van der Waals surface area contributed by atoms with Crippen LogP contribution in [0.4, 0.5) is 0 Å². The molecule has 1 aromatic rings. The van der Waals surface area contributed by atoms with E-state index < -0.39 is 0 Å². The Morgan fingerprint density at radius 3 is 2.30 bits per heavy atom. The first-order valence-electron chi connectivity index (χ1n) is 3.02. The minimum atomic E-state index is 0. The molecule has 0 aromatic carbocycles. The molecule has 57 valence electrons. The van der Waals surface area contributed by atoms with Crippen molar-refractivity contribution in [1.82, 2.24) is 10.2 Å². The molecular weight excluding hydrogens is 298 g/mol. The first kappa shape index (κ1) is 9.87. The zero-order valence-corrected chi connectivity index (χ0v) is 9.12. The smallest absolute Gasteiger partial charge is 0 e. The molecule has 0 aliphatic carbocycles. The van der Waals surface area contributed by atoms with Crippen molar-refractivity contribution < 1.29 is 20.4 Å². The summed E-state index contributed by atoms with van der Waals surface area (Å²) in [5, 5.41) is 6.61. The maximum absolute atomic E-state index is 3.74. The molecule has 1 heterocycles. The molecule has 0 fully saturated rings. The third kappa shape index (κ3) is 2.24. The van der Waals surface area contributed by atoms with Crippen molar-refractivity contribution in [2.45, 2.75) is 26.2 Å². The fourth-order valence-electron chi connectivity index (χ4n) is 0.606. The van der Waals surface area contributed by atoms with Crippen LogP contribution in [0.5, 0.6) is 0 Å².